The fourth-order valence-corrected chi connectivity index (χ4v) is 2.71. The minimum atomic E-state index is -3.28. The first kappa shape index (κ1) is 17.5. The highest BCUT2D eigenvalue weighted by Gasteiger charge is 2.37. The van der Waals surface area contributed by atoms with E-state index in [1.54, 1.807) is 0 Å². The van der Waals surface area contributed by atoms with Crippen LogP contribution in [0.2, 0.25) is 0 Å². The molecular weight excluding hydrogens is 318 g/mol. The van der Waals surface area contributed by atoms with E-state index >= 15 is 0 Å². The molecule has 1 aromatic rings. The molecule has 0 saturated heterocycles. The molecule has 0 radical (unpaired) electrons. The molecule has 1 aromatic carbocycles. The molecule has 1 amide bonds. The second-order valence-corrected chi connectivity index (χ2v) is 5.62. The van der Waals surface area contributed by atoms with Crippen LogP contribution in [0.15, 0.2) is 12.1 Å². The van der Waals surface area contributed by atoms with Crippen LogP contribution >= 0.6 is 0 Å². The normalized spacial score (nSPS) is 16.1. The predicted molar refractivity (Wildman–Crippen MR) is 73.3 cm³/mol. The van der Waals surface area contributed by atoms with Gasteiger partial charge in [-0.3, -0.25) is 4.79 Å². The predicted octanol–water partition coefficient (Wildman–Crippen LogP) is 2.85. The van der Waals surface area contributed by atoms with E-state index in [1.165, 1.54) is 0 Å². The highest BCUT2D eigenvalue weighted by molar-refractivity contribution is 5.95. The maximum Gasteiger partial charge on any atom is 0.387 e. The number of alkyl halides is 2. The third kappa shape index (κ3) is 3.93. The molecule has 23 heavy (non-hydrogen) atoms. The lowest BCUT2D eigenvalue weighted by Crippen LogP contribution is -2.43. The lowest BCUT2D eigenvalue weighted by atomic mass is 9.67. The van der Waals surface area contributed by atoms with Crippen LogP contribution < -0.4 is 10.1 Å². The van der Waals surface area contributed by atoms with Crippen LogP contribution in [0.4, 0.5) is 17.6 Å². The Morgan fingerprint density at radius 3 is 2.57 bits per heavy atom. The number of hydrogen-bond donors (Lipinski definition) is 2. The molecule has 128 valence electrons. The SMILES string of the molecule is O=C(NCC1(CCO)CCC1)c1c(F)ccc(OC(F)F)c1F. The maximum atomic E-state index is 14.0. The van der Waals surface area contributed by atoms with Crippen molar-refractivity contribution in [1.82, 2.24) is 5.32 Å². The Hall–Kier alpha value is -1.83. The number of halogens is 4. The molecular formula is C15H17F4NO3. The smallest absolute Gasteiger partial charge is 0.387 e. The molecule has 2 N–H and O–H groups in total. The highest BCUT2D eigenvalue weighted by atomic mass is 19.3. The first-order valence-corrected chi connectivity index (χ1v) is 7.20. The van der Waals surface area contributed by atoms with Crippen LogP contribution in [0.1, 0.15) is 36.0 Å². The lowest BCUT2D eigenvalue weighted by molar-refractivity contribution is -0.0523. The summed E-state index contributed by atoms with van der Waals surface area (Å²) in [7, 11) is 0. The average molecular weight is 335 g/mol. The molecule has 0 atom stereocenters. The summed E-state index contributed by atoms with van der Waals surface area (Å²) in [6.07, 6.45) is 3.03. The number of benzene rings is 1. The second kappa shape index (κ2) is 7.16. The van der Waals surface area contributed by atoms with Crippen LogP contribution in [-0.4, -0.2) is 30.8 Å². The van der Waals surface area contributed by atoms with E-state index < -0.39 is 35.5 Å². The van der Waals surface area contributed by atoms with Crippen molar-refractivity contribution in [2.75, 3.05) is 13.2 Å². The Bertz CT molecular complexity index is 576. The van der Waals surface area contributed by atoms with Crippen molar-refractivity contribution in [2.45, 2.75) is 32.3 Å². The number of aliphatic hydroxyl groups excluding tert-OH is 1. The Labute approximate surface area is 130 Å². The molecule has 2 rings (SSSR count). The summed E-state index contributed by atoms with van der Waals surface area (Å²) in [5, 5.41) is 11.5. The van der Waals surface area contributed by atoms with Gasteiger partial charge in [0.1, 0.15) is 11.4 Å². The molecule has 8 heteroatoms. The van der Waals surface area contributed by atoms with E-state index in [4.69, 9.17) is 5.11 Å². The molecule has 1 aliphatic carbocycles. The zero-order chi connectivity index (χ0) is 17.0. The molecule has 0 spiro atoms. The Kier molecular flexibility index (Phi) is 5.46. The maximum absolute atomic E-state index is 14.0. The zero-order valence-corrected chi connectivity index (χ0v) is 12.3. The van der Waals surface area contributed by atoms with Crippen LogP contribution in [0.25, 0.3) is 0 Å². The van der Waals surface area contributed by atoms with Crippen molar-refractivity contribution in [3.8, 4) is 5.75 Å². The van der Waals surface area contributed by atoms with E-state index in [1.807, 2.05) is 0 Å². The summed E-state index contributed by atoms with van der Waals surface area (Å²) >= 11 is 0. The van der Waals surface area contributed by atoms with E-state index in [9.17, 15) is 22.4 Å². The molecule has 0 aliphatic heterocycles. The van der Waals surface area contributed by atoms with Crippen molar-refractivity contribution >= 4 is 5.91 Å². The van der Waals surface area contributed by atoms with Gasteiger partial charge in [0.25, 0.3) is 5.91 Å². The zero-order valence-electron chi connectivity index (χ0n) is 12.3. The molecule has 1 fully saturated rings. The number of aliphatic hydroxyl groups is 1. The number of rotatable bonds is 7. The number of nitrogens with one attached hydrogen (secondary N) is 1. The summed E-state index contributed by atoms with van der Waals surface area (Å²) in [6.45, 7) is -3.17. The van der Waals surface area contributed by atoms with Gasteiger partial charge in [0, 0.05) is 13.2 Å². The molecule has 4 nitrogen and oxygen atoms in total. The van der Waals surface area contributed by atoms with Crippen molar-refractivity contribution in [1.29, 1.82) is 0 Å². The van der Waals surface area contributed by atoms with Crippen molar-refractivity contribution in [3.63, 3.8) is 0 Å². The van der Waals surface area contributed by atoms with Gasteiger partial charge in [0.2, 0.25) is 0 Å². The molecule has 1 aliphatic rings. The van der Waals surface area contributed by atoms with Gasteiger partial charge in [0.05, 0.1) is 0 Å². The van der Waals surface area contributed by atoms with Crippen LogP contribution in [0.5, 0.6) is 5.75 Å². The van der Waals surface area contributed by atoms with Crippen LogP contribution in [0.3, 0.4) is 0 Å². The number of amides is 1. The number of ether oxygens (including phenoxy) is 1. The van der Waals surface area contributed by atoms with Gasteiger partial charge in [-0.05, 0) is 36.8 Å². The fraction of sp³-hybridized carbons (Fsp3) is 0.533. The van der Waals surface area contributed by atoms with E-state index in [-0.39, 0.29) is 18.6 Å². The Balaban J connectivity index is 2.12. The van der Waals surface area contributed by atoms with Gasteiger partial charge >= 0.3 is 6.61 Å². The minimum absolute atomic E-state index is 0.0453. The largest absolute Gasteiger partial charge is 0.432 e. The highest BCUT2D eigenvalue weighted by Crippen LogP contribution is 2.43. The standard InChI is InChI=1S/C15H17F4NO3/c16-9-2-3-10(23-14(18)19)12(17)11(9)13(22)20-8-15(6-7-21)4-1-5-15/h2-3,14,21H,1,4-8H2,(H,20,22). The number of carbonyl (C=O) groups excluding carboxylic acids is 1. The number of hydrogen-bond acceptors (Lipinski definition) is 3. The van der Waals surface area contributed by atoms with Gasteiger partial charge in [0.15, 0.2) is 11.6 Å². The van der Waals surface area contributed by atoms with Crippen LogP contribution in [-0.2, 0) is 0 Å². The van der Waals surface area contributed by atoms with E-state index in [0.717, 1.165) is 19.3 Å². The summed E-state index contributed by atoms with van der Waals surface area (Å²) in [4.78, 5) is 12.0. The second-order valence-electron chi connectivity index (χ2n) is 5.62. The average Bonchev–Trinajstić information content (AvgIpc) is 2.44. The topological polar surface area (TPSA) is 58.6 Å². The Morgan fingerprint density at radius 1 is 1.35 bits per heavy atom. The van der Waals surface area contributed by atoms with Gasteiger partial charge in [-0.2, -0.15) is 8.78 Å². The summed E-state index contributed by atoms with van der Waals surface area (Å²) < 4.78 is 56.0. The van der Waals surface area contributed by atoms with E-state index in [0.29, 0.717) is 18.6 Å². The summed E-state index contributed by atoms with van der Waals surface area (Å²) in [6, 6.07) is 1.40. The van der Waals surface area contributed by atoms with Crippen molar-refractivity contribution in [3.05, 3.63) is 29.3 Å². The molecule has 1 saturated carbocycles. The van der Waals surface area contributed by atoms with Crippen molar-refractivity contribution < 1.29 is 32.2 Å². The van der Waals surface area contributed by atoms with E-state index in [2.05, 4.69) is 10.1 Å². The third-order valence-electron chi connectivity index (χ3n) is 4.18. The molecule has 0 heterocycles. The third-order valence-corrected chi connectivity index (χ3v) is 4.18. The molecule has 0 unspecified atom stereocenters. The summed E-state index contributed by atoms with van der Waals surface area (Å²) in [5.74, 6) is -4.55. The van der Waals surface area contributed by atoms with Crippen LogP contribution in [0, 0.1) is 17.0 Å². The molecule has 0 aromatic heterocycles. The monoisotopic (exact) mass is 335 g/mol. The molecule has 0 bridgehead atoms. The van der Waals surface area contributed by atoms with Gasteiger partial charge in [-0.1, -0.05) is 6.42 Å². The minimum Gasteiger partial charge on any atom is -0.432 e. The van der Waals surface area contributed by atoms with Crippen molar-refractivity contribution in [2.24, 2.45) is 5.41 Å². The lowest BCUT2D eigenvalue weighted by Gasteiger charge is -2.41. The van der Waals surface area contributed by atoms with Gasteiger partial charge in [-0.25, -0.2) is 8.78 Å². The Morgan fingerprint density at radius 2 is 2.04 bits per heavy atom. The van der Waals surface area contributed by atoms with Gasteiger partial charge < -0.3 is 15.2 Å². The first-order valence-electron chi connectivity index (χ1n) is 7.20. The fourth-order valence-electron chi connectivity index (χ4n) is 2.71. The van der Waals surface area contributed by atoms with Gasteiger partial charge in [-0.15, -0.1) is 0 Å². The quantitative estimate of drug-likeness (QED) is 0.754. The number of carbonyl (C=O) groups is 1. The first-order chi connectivity index (χ1) is 10.9. The summed E-state index contributed by atoms with van der Waals surface area (Å²) in [5.41, 5.74) is -1.23.